The molecule has 0 aliphatic carbocycles. The molecule has 0 bridgehead atoms. The second kappa shape index (κ2) is 10.8. The molecule has 11 nitrogen and oxygen atoms in total. The largest absolute Gasteiger partial charge is 0.508 e. The Balaban J connectivity index is 2.75. The van der Waals surface area contributed by atoms with E-state index in [1.54, 1.807) is 12.1 Å². The minimum atomic E-state index is -1.49. The van der Waals surface area contributed by atoms with Gasteiger partial charge in [-0.2, -0.15) is 0 Å². The number of amides is 3. The molecule has 0 aromatic heterocycles. The van der Waals surface area contributed by atoms with Gasteiger partial charge in [0.05, 0.1) is 19.2 Å². The number of phenolic OH excluding ortho intramolecular Hbond substituents is 1. The van der Waals surface area contributed by atoms with E-state index in [9.17, 15) is 24.3 Å². The number of aliphatic carboxylic acids is 1. The molecule has 1 aromatic rings. The second-order valence-electron chi connectivity index (χ2n) is 6.08. The molecule has 0 aliphatic rings. The fraction of sp³-hybridized carbons (Fsp3) is 0.412. The van der Waals surface area contributed by atoms with Gasteiger partial charge in [0.25, 0.3) is 0 Å². The maximum Gasteiger partial charge on any atom is 0.328 e. The number of benzene rings is 1. The summed E-state index contributed by atoms with van der Waals surface area (Å²) in [5.74, 6) is -3.46. The zero-order valence-electron chi connectivity index (χ0n) is 15.2. The van der Waals surface area contributed by atoms with Crippen LogP contribution in [0.1, 0.15) is 12.5 Å². The molecule has 0 saturated carbocycles. The Morgan fingerprint density at radius 3 is 2.14 bits per heavy atom. The number of aliphatic hydroxyl groups excluding tert-OH is 1. The Kier molecular flexibility index (Phi) is 8.85. The van der Waals surface area contributed by atoms with Crippen LogP contribution in [0.25, 0.3) is 0 Å². The van der Waals surface area contributed by atoms with Gasteiger partial charge in [0.1, 0.15) is 17.8 Å². The van der Waals surface area contributed by atoms with Crippen molar-refractivity contribution in [3.05, 3.63) is 29.8 Å². The number of nitrogens with two attached hydrogens (primary N) is 1. The average molecular weight is 396 g/mol. The smallest absolute Gasteiger partial charge is 0.328 e. The number of rotatable bonds is 10. The molecule has 0 aliphatic heterocycles. The predicted molar refractivity (Wildman–Crippen MR) is 97.1 cm³/mol. The van der Waals surface area contributed by atoms with Gasteiger partial charge in [-0.25, -0.2) is 4.79 Å². The SMILES string of the molecule is CC(N)C(=O)NC(Cc1ccc(O)cc1)C(=O)NCC(=O)NC(CO)C(=O)O. The van der Waals surface area contributed by atoms with Crippen molar-refractivity contribution < 1.29 is 34.5 Å². The Morgan fingerprint density at radius 2 is 1.64 bits per heavy atom. The molecule has 0 spiro atoms. The molecule has 0 radical (unpaired) electrons. The van der Waals surface area contributed by atoms with Crippen molar-refractivity contribution in [3.8, 4) is 5.75 Å². The zero-order chi connectivity index (χ0) is 21.3. The van der Waals surface area contributed by atoms with E-state index in [2.05, 4.69) is 10.6 Å². The van der Waals surface area contributed by atoms with E-state index in [-0.39, 0.29) is 12.2 Å². The number of carboxylic acid groups (broad SMARTS) is 1. The van der Waals surface area contributed by atoms with Crippen molar-refractivity contribution in [2.24, 2.45) is 5.73 Å². The van der Waals surface area contributed by atoms with Crippen LogP contribution in [0.5, 0.6) is 5.75 Å². The normalized spacial score (nSPS) is 13.7. The van der Waals surface area contributed by atoms with Crippen molar-refractivity contribution >= 4 is 23.7 Å². The number of phenols is 1. The number of hydrogen-bond acceptors (Lipinski definition) is 7. The summed E-state index contributed by atoms with van der Waals surface area (Å²) in [6.45, 7) is 0.0882. The van der Waals surface area contributed by atoms with Gasteiger partial charge in [-0.05, 0) is 24.6 Å². The molecule has 1 aromatic carbocycles. The lowest BCUT2D eigenvalue weighted by Gasteiger charge is -2.20. The van der Waals surface area contributed by atoms with Gasteiger partial charge in [0.2, 0.25) is 17.7 Å². The molecule has 3 amide bonds. The molecule has 0 saturated heterocycles. The molecule has 3 unspecified atom stereocenters. The van der Waals surface area contributed by atoms with Crippen LogP contribution in [0, 0.1) is 0 Å². The van der Waals surface area contributed by atoms with Gasteiger partial charge in [-0.15, -0.1) is 0 Å². The summed E-state index contributed by atoms with van der Waals surface area (Å²) >= 11 is 0. The highest BCUT2D eigenvalue weighted by Crippen LogP contribution is 2.11. The molecular formula is C17H24N4O7. The number of nitrogens with one attached hydrogen (secondary N) is 3. The first-order chi connectivity index (χ1) is 13.1. The Labute approximate surface area is 160 Å². The number of aliphatic hydroxyl groups is 1. The van der Waals surface area contributed by atoms with Crippen LogP contribution in [0.3, 0.4) is 0 Å². The molecule has 11 heteroatoms. The summed E-state index contributed by atoms with van der Waals surface area (Å²) in [5, 5.41) is 33.8. The highest BCUT2D eigenvalue weighted by atomic mass is 16.4. The maximum absolute atomic E-state index is 12.4. The lowest BCUT2D eigenvalue weighted by atomic mass is 10.0. The zero-order valence-corrected chi connectivity index (χ0v) is 15.2. The fourth-order valence-electron chi connectivity index (χ4n) is 2.10. The van der Waals surface area contributed by atoms with Crippen molar-refractivity contribution in [3.63, 3.8) is 0 Å². The topological polar surface area (TPSA) is 191 Å². The molecule has 154 valence electrons. The third kappa shape index (κ3) is 7.60. The average Bonchev–Trinajstić information content (AvgIpc) is 2.64. The Hall–Kier alpha value is -3.18. The summed E-state index contributed by atoms with van der Waals surface area (Å²) in [6.07, 6.45) is 0.0700. The van der Waals surface area contributed by atoms with Gasteiger partial charge in [-0.3, -0.25) is 14.4 Å². The number of aromatic hydroxyl groups is 1. The van der Waals surface area contributed by atoms with Gasteiger partial charge in [0, 0.05) is 6.42 Å². The number of hydrogen-bond donors (Lipinski definition) is 7. The van der Waals surface area contributed by atoms with Crippen LogP contribution < -0.4 is 21.7 Å². The summed E-state index contributed by atoms with van der Waals surface area (Å²) in [5.41, 5.74) is 6.14. The van der Waals surface area contributed by atoms with E-state index in [0.29, 0.717) is 5.56 Å². The third-order valence-corrected chi connectivity index (χ3v) is 3.66. The lowest BCUT2D eigenvalue weighted by molar-refractivity contribution is -0.142. The maximum atomic E-state index is 12.4. The van der Waals surface area contributed by atoms with Crippen LogP contribution in [0.15, 0.2) is 24.3 Å². The summed E-state index contributed by atoms with van der Waals surface area (Å²) in [7, 11) is 0. The predicted octanol–water partition coefficient (Wildman–Crippen LogP) is -2.56. The Bertz CT molecular complexity index is 706. The van der Waals surface area contributed by atoms with Gasteiger partial charge in [-0.1, -0.05) is 12.1 Å². The molecule has 0 fully saturated rings. The van der Waals surface area contributed by atoms with E-state index in [0.717, 1.165) is 0 Å². The van der Waals surface area contributed by atoms with Gasteiger partial charge >= 0.3 is 5.97 Å². The second-order valence-corrected chi connectivity index (χ2v) is 6.08. The van der Waals surface area contributed by atoms with Crippen LogP contribution >= 0.6 is 0 Å². The van der Waals surface area contributed by atoms with Gasteiger partial charge < -0.3 is 37.0 Å². The molecule has 0 heterocycles. The summed E-state index contributed by atoms with van der Waals surface area (Å²) in [4.78, 5) is 46.8. The highest BCUT2D eigenvalue weighted by Gasteiger charge is 2.24. The van der Waals surface area contributed by atoms with E-state index in [4.69, 9.17) is 15.9 Å². The Morgan fingerprint density at radius 1 is 1.04 bits per heavy atom. The van der Waals surface area contributed by atoms with Crippen LogP contribution in [-0.4, -0.2) is 70.3 Å². The number of carboxylic acids is 1. The first-order valence-electron chi connectivity index (χ1n) is 8.38. The van der Waals surface area contributed by atoms with Crippen molar-refractivity contribution in [1.82, 2.24) is 16.0 Å². The minimum Gasteiger partial charge on any atom is -0.508 e. The highest BCUT2D eigenvalue weighted by molar-refractivity contribution is 5.92. The molecule has 8 N–H and O–H groups in total. The fourth-order valence-corrected chi connectivity index (χ4v) is 2.10. The van der Waals surface area contributed by atoms with E-state index >= 15 is 0 Å². The summed E-state index contributed by atoms with van der Waals surface area (Å²) < 4.78 is 0. The number of carbonyl (C=O) groups is 4. The molecule has 3 atom stereocenters. The number of carbonyl (C=O) groups excluding carboxylic acids is 3. The standard InChI is InChI=1S/C17H24N4O7/c1-9(18)15(25)21-12(6-10-2-4-11(23)5-3-10)16(26)19-7-14(24)20-13(8-22)17(27)28/h2-5,9,12-13,22-23H,6-8,18H2,1H3,(H,19,26)(H,20,24)(H,21,25)(H,27,28). The molecular weight excluding hydrogens is 372 g/mol. The van der Waals surface area contributed by atoms with Crippen molar-refractivity contribution in [1.29, 1.82) is 0 Å². The summed E-state index contributed by atoms with van der Waals surface area (Å²) in [6, 6.07) is 2.58. The lowest BCUT2D eigenvalue weighted by Crippen LogP contribution is -2.54. The third-order valence-electron chi connectivity index (χ3n) is 3.66. The van der Waals surface area contributed by atoms with Gasteiger partial charge in [0.15, 0.2) is 0 Å². The van der Waals surface area contributed by atoms with Crippen molar-refractivity contribution in [2.45, 2.75) is 31.5 Å². The van der Waals surface area contributed by atoms with E-state index < -0.39 is 55.0 Å². The molecule has 28 heavy (non-hydrogen) atoms. The molecule has 1 rings (SSSR count). The van der Waals surface area contributed by atoms with E-state index in [1.807, 2.05) is 5.32 Å². The first-order valence-corrected chi connectivity index (χ1v) is 8.38. The van der Waals surface area contributed by atoms with E-state index in [1.165, 1.54) is 19.1 Å². The van der Waals surface area contributed by atoms with Crippen LogP contribution in [0.4, 0.5) is 0 Å². The van der Waals surface area contributed by atoms with Crippen LogP contribution in [-0.2, 0) is 25.6 Å². The monoisotopic (exact) mass is 396 g/mol. The van der Waals surface area contributed by atoms with Crippen LogP contribution in [0.2, 0.25) is 0 Å². The quantitative estimate of drug-likeness (QED) is 0.225. The minimum absolute atomic E-state index is 0.0397. The first kappa shape index (κ1) is 22.9. The van der Waals surface area contributed by atoms with Crippen molar-refractivity contribution in [2.75, 3.05) is 13.2 Å².